The van der Waals surface area contributed by atoms with Crippen LogP contribution >= 0.6 is 0 Å². The van der Waals surface area contributed by atoms with Crippen molar-refractivity contribution in [3.63, 3.8) is 0 Å². The van der Waals surface area contributed by atoms with Gasteiger partial charge in [0.15, 0.2) is 0 Å². The highest BCUT2D eigenvalue weighted by atomic mass is 19.1. The number of aromatic nitrogens is 1. The standard InChI is InChI=1S/C13H11FN2O/c1-9-6-7-15-8-12(9)13(17)16-11-4-2-10(14)3-5-11/h2-8H,1H3,(H,16,17). The minimum Gasteiger partial charge on any atom is -0.322 e. The van der Waals surface area contributed by atoms with Crippen molar-refractivity contribution in [2.45, 2.75) is 6.92 Å². The van der Waals surface area contributed by atoms with Crippen LogP contribution in [0.15, 0.2) is 42.7 Å². The molecule has 4 heteroatoms. The van der Waals surface area contributed by atoms with E-state index in [-0.39, 0.29) is 11.7 Å². The van der Waals surface area contributed by atoms with E-state index in [1.54, 1.807) is 12.3 Å². The lowest BCUT2D eigenvalue weighted by Gasteiger charge is -2.06. The number of aryl methyl sites for hydroxylation is 1. The molecule has 86 valence electrons. The van der Waals surface area contributed by atoms with Gasteiger partial charge in [0, 0.05) is 18.1 Å². The zero-order chi connectivity index (χ0) is 12.3. The molecule has 17 heavy (non-hydrogen) atoms. The zero-order valence-electron chi connectivity index (χ0n) is 9.27. The highest BCUT2D eigenvalue weighted by Gasteiger charge is 2.08. The van der Waals surface area contributed by atoms with E-state index in [4.69, 9.17) is 0 Å². The van der Waals surface area contributed by atoms with Crippen molar-refractivity contribution in [3.05, 3.63) is 59.7 Å². The summed E-state index contributed by atoms with van der Waals surface area (Å²) < 4.78 is 12.7. The van der Waals surface area contributed by atoms with Crippen molar-refractivity contribution >= 4 is 11.6 Å². The maximum absolute atomic E-state index is 12.7. The molecule has 1 heterocycles. The van der Waals surface area contributed by atoms with Crippen LogP contribution in [0, 0.1) is 12.7 Å². The third-order valence-corrected chi connectivity index (χ3v) is 2.39. The van der Waals surface area contributed by atoms with Crippen molar-refractivity contribution in [2.75, 3.05) is 5.32 Å². The van der Waals surface area contributed by atoms with E-state index in [9.17, 15) is 9.18 Å². The Bertz CT molecular complexity index is 537. The van der Waals surface area contributed by atoms with Crippen molar-refractivity contribution in [2.24, 2.45) is 0 Å². The molecule has 1 amide bonds. The molecule has 1 aromatic carbocycles. The first-order valence-electron chi connectivity index (χ1n) is 5.14. The number of nitrogens with zero attached hydrogens (tertiary/aromatic N) is 1. The van der Waals surface area contributed by atoms with E-state index in [2.05, 4.69) is 10.3 Å². The minimum absolute atomic E-state index is 0.248. The molecule has 0 radical (unpaired) electrons. The highest BCUT2D eigenvalue weighted by Crippen LogP contribution is 2.12. The SMILES string of the molecule is Cc1ccncc1C(=O)Nc1ccc(F)cc1. The largest absolute Gasteiger partial charge is 0.322 e. The number of anilines is 1. The Balaban J connectivity index is 2.17. The summed E-state index contributed by atoms with van der Waals surface area (Å²) >= 11 is 0. The number of hydrogen-bond acceptors (Lipinski definition) is 2. The second-order valence-electron chi connectivity index (χ2n) is 3.65. The monoisotopic (exact) mass is 230 g/mol. The first-order valence-corrected chi connectivity index (χ1v) is 5.14. The molecule has 2 rings (SSSR count). The predicted molar refractivity (Wildman–Crippen MR) is 63.3 cm³/mol. The summed E-state index contributed by atoms with van der Waals surface area (Å²) in [5.41, 5.74) is 1.91. The van der Waals surface area contributed by atoms with Crippen molar-refractivity contribution in [1.82, 2.24) is 4.98 Å². The third-order valence-electron chi connectivity index (χ3n) is 2.39. The van der Waals surface area contributed by atoms with Gasteiger partial charge in [0.25, 0.3) is 5.91 Å². The van der Waals surface area contributed by atoms with Crippen LogP contribution < -0.4 is 5.32 Å². The van der Waals surface area contributed by atoms with E-state index in [0.29, 0.717) is 11.3 Å². The van der Waals surface area contributed by atoms with Gasteiger partial charge >= 0.3 is 0 Å². The summed E-state index contributed by atoms with van der Waals surface area (Å²) in [5.74, 6) is -0.581. The average Bonchev–Trinajstić information content (AvgIpc) is 2.32. The smallest absolute Gasteiger partial charge is 0.257 e. The average molecular weight is 230 g/mol. The topological polar surface area (TPSA) is 42.0 Å². The molecule has 0 bridgehead atoms. The molecule has 0 fully saturated rings. The molecule has 0 saturated heterocycles. The normalized spacial score (nSPS) is 10.0. The number of halogens is 1. The summed E-state index contributed by atoms with van der Waals surface area (Å²) in [6.07, 6.45) is 3.14. The number of hydrogen-bond donors (Lipinski definition) is 1. The second-order valence-corrected chi connectivity index (χ2v) is 3.65. The summed E-state index contributed by atoms with van der Waals surface area (Å²) in [4.78, 5) is 15.8. The van der Waals surface area contributed by atoms with Gasteiger partial charge in [-0.05, 0) is 42.8 Å². The Morgan fingerprint density at radius 2 is 1.94 bits per heavy atom. The first-order chi connectivity index (χ1) is 8.16. The number of carbonyl (C=O) groups excluding carboxylic acids is 1. The quantitative estimate of drug-likeness (QED) is 0.861. The van der Waals surface area contributed by atoms with Crippen LogP contribution in [0.4, 0.5) is 10.1 Å². The molecule has 1 aromatic heterocycles. The van der Waals surface area contributed by atoms with Crippen LogP contribution in [-0.4, -0.2) is 10.9 Å². The van der Waals surface area contributed by atoms with Gasteiger partial charge in [-0.2, -0.15) is 0 Å². The summed E-state index contributed by atoms with van der Waals surface area (Å²) in [6.45, 7) is 1.83. The predicted octanol–water partition coefficient (Wildman–Crippen LogP) is 2.78. The first kappa shape index (κ1) is 11.3. The lowest BCUT2D eigenvalue weighted by molar-refractivity contribution is 0.102. The molecule has 0 aliphatic rings. The fourth-order valence-electron chi connectivity index (χ4n) is 1.43. The second kappa shape index (κ2) is 4.74. The van der Waals surface area contributed by atoms with E-state index in [1.165, 1.54) is 30.5 Å². The van der Waals surface area contributed by atoms with Gasteiger partial charge < -0.3 is 5.32 Å². The molecule has 2 aromatic rings. The molecule has 0 saturated carbocycles. The molecule has 0 spiro atoms. The lowest BCUT2D eigenvalue weighted by Crippen LogP contribution is -2.13. The Morgan fingerprint density at radius 3 is 2.59 bits per heavy atom. The molecule has 0 aliphatic heterocycles. The molecule has 0 aliphatic carbocycles. The Morgan fingerprint density at radius 1 is 1.24 bits per heavy atom. The third kappa shape index (κ3) is 2.66. The van der Waals surface area contributed by atoms with Crippen molar-refractivity contribution in [3.8, 4) is 0 Å². The van der Waals surface area contributed by atoms with E-state index >= 15 is 0 Å². The Hall–Kier alpha value is -2.23. The zero-order valence-corrected chi connectivity index (χ0v) is 9.27. The van der Waals surface area contributed by atoms with Crippen LogP contribution in [-0.2, 0) is 0 Å². The molecular weight excluding hydrogens is 219 g/mol. The lowest BCUT2D eigenvalue weighted by atomic mass is 10.1. The number of pyridine rings is 1. The van der Waals surface area contributed by atoms with Crippen molar-refractivity contribution < 1.29 is 9.18 Å². The summed E-state index contributed by atoms with van der Waals surface area (Å²) in [6, 6.07) is 7.38. The maximum Gasteiger partial charge on any atom is 0.257 e. The van der Waals surface area contributed by atoms with Gasteiger partial charge in [-0.15, -0.1) is 0 Å². The number of benzene rings is 1. The number of rotatable bonds is 2. The van der Waals surface area contributed by atoms with Gasteiger partial charge in [-0.25, -0.2) is 4.39 Å². The van der Waals surface area contributed by atoms with Gasteiger partial charge in [0.2, 0.25) is 0 Å². The maximum atomic E-state index is 12.7. The highest BCUT2D eigenvalue weighted by molar-refractivity contribution is 6.04. The van der Waals surface area contributed by atoms with Crippen LogP contribution in [0.3, 0.4) is 0 Å². The van der Waals surface area contributed by atoms with Crippen LogP contribution in [0.1, 0.15) is 15.9 Å². The van der Waals surface area contributed by atoms with E-state index in [1.807, 2.05) is 6.92 Å². The molecular formula is C13H11FN2O. The van der Waals surface area contributed by atoms with Gasteiger partial charge in [-0.3, -0.25) is 9.78 Å². The number of amides is 1. The van der Waals surface area contributed by atoms with Gasteiger partial charge in [0.05, 0.1) is 5.56 Å². The fraction of sp³-hybridized carbons (Fsp3) is 0.0769. The molecule has 0 unspecified atom stereocenters. The fourth-order valence-corrected chi connectivity index (χ4v) is 1.43. The summed E-state index contributed by atoms with van der Waals surface area (Å²) in [5, 5.41) is 2.68. The molecule has 3 nitrogen and oxygen atoms in total. The van der Waals surface area contributed by atoms with Crippen molar-refractivity contribution in [1.29, 1.82) is 0 Å². The molecule has 0 atom stereocenters. The van der Waals surface area contributed by atoms with Gasteiger partial charge in [-0.1, -0.05) is 0 Å². The number of nitrogens with one attached hydrogen (secondary N) is 1. The van der Waals surface area contributed by atoms with Crippen LogP contribution in [0.25, 0.3) is 0 Å². The number of carbonyl (C=O) groups is 1. The van der Waals surface area contributed by atoms with Crippen LogP contribution in [0.5, 0.6) is 0 Å². The Kier molecular flexibility index (Phi) is 3.14. The molecule has 1 N–H and O–H groups in total. The van der Waals surface area contributed by atoms with E-state index < -0.39 is 0 Å². The van der Waals surface area contributed by atoms with Gasteiger partial charge in [0.1, 0.15) is 5.82 Å². The van der Waals surface area contributed by atoms with Crippen LogP contribution in [0.2, 0.25) is 0 Å². The Labute approximate surface area is 98.3 Å². The van der Waals surface area contributed by atoms with E-state index in [0.717, 1.165) is 5.56 Å². The minimum atomic E-state index is -0.333. The summed E-state index contributed by atoms with van der Waals surface area (Å²) in [7, 11) is 0.